The van der Waals surface area contributed by atoms with Crippen LogP contribution in [0.25, 0.3) is 0 Å². The molecule has 23 heavy (non-hydrogen) atoms. The number of benzene rings is 1. The Bertz CT molecular complexity index is 528. The Hall–Kier alpha value is -0.820. The molecular formula is C18H29IN4. The van der Waals surface area contributed by atoms with Crippen LogP contribution in [0, 0.1) is 0 Å². The molecule has 1 fully saturated rings. The molecule has 1 aromatic carbocycles. The fraction of sp³-hybridized carbons (Fsp3) is 0.611. The summed E-state index contributed by atoms with van der Waals surface area (Å²) >= 11 is 0. The van der Waals surface area contributed by atoms with Crippen molar-refractivity contribution in [2.75, 3.05) is 37.6 Å². The topological polar surface area (TPSA) is 30.9 Å². The van der Waals surface area contributed by atoms with Crippen LogP contribution in [0.3, 0.4) is 0 Å². The number of aliphatic imine (C=N–C) groups is 1. The van der Waals surface area contributed by atoms with Gasteiger partial charge in [-0.15, -0.1) is 24.0 Å². The summed E-state index contributed by atoms with van der Waals surface area (Å²) in [6.07, 6.45) is 3.86. The fourth-order valence-electron chi connectivity index (χ4n) is 3.28. The first kappa shape index (κ1) is 18.5. The van der Waals surface area contributed by atoms with E-state index in [9.17, 15) is 0 Å². The summed E-state index contributed by atoms with van der Waals surface area (Å²) in [4.78, 5) is 9.78. The lowest BCUT2D eigenvalue weighted by Crippen LogP contribution is -2.41. The van der Waals surface area contributed by atoms with Gasteiger partial charge in [-0.05, 0) is 44.4 Å². The Morgan fingerprint density at radius 3 is 2.78 bits per heavy atom. The molecule has 0 amide bonds. The maximum atomic E-state index is 4.88. The lowest BCUT2D eigenvalue weighted by Gasteiger charge is -2.23. The smallest absolute Gasteiger partial charge is 0.198 e. The van der Waals surface area contributed by atoms with Crippen LogP contribution in [0.15, 0.2) is 29.3 Å². The van der Waals surface area contributed by atoms with Crippen molar-refractivity contribution in [2.24, 2.45) is 4.99 Å². The SMILES string of the molecule is CCNC(=NCCN(CC)C1CC1)N1CCc2ccccc21.I. The number of likely N-dealkylation sites (N-methyl/N-ethyl adjacent to an activating group) is 1. The number of nitrogens with one attached hydrogen (secondary N) is 1. The monoisotopic (exact) mass is 428 g/mol. The molecule has 0 saturated heterocycles. The molecule has 1 aromatic rings. The lowest BCUT2D eigenvalue weighted by atomic mass is 10.2. The van der Waals surface area contributed by atoms with Gasteiger partial charge in [-0.1, -0.05) is 25.1 Å². The van der Waals surface area contributed by atoms with E-state index >= 15 is 0 Å². The minimum Gasteiger partial charge on any atom is -0.356 e. The molecule has 0 spiro atoms. The Balaban J connectivity index is 0.00000192. The molecule has 1 heterocycles. The molecule has 128 valence electrons. The zero-order chi connectivity index (χ0) is 15.4. The predicted octanol–water partition coefficient (Wildman–Crippen LogP) is 3.12. The number of hydrogen-bond donors (Lipinski definition) is 1. The van der Waals surface area contributed by atoms with Crippen molar-refractivity contribution < 1.29 is 0 Å². The van der Waals surface area contributed by atoms with E-state index in [-0.39, 0.29) is 24.0 Å². The maximum Gasteiger partial charge on any atom is 0.198 e. The number of nitrogens with zero attached hydrogens (tertiary/aromatic N) is 3. The van der Waals surface area contributed by atoms with E-state index < -0.39 is 0 Å². The van der Waals surface area contributed by atoms with Crippen LogP contribution in [0.5, 0.6) is 0 Å². The summed E-state index contributed by atoms with van der Waals surface area (Å²) in [6.45, 7) is 9.44. The molecule has 1 saturated carbocycles. The van der Waals surface area contributed by atoms with Gasteiger partial charge < -0.3 is 10.2 Å². The standard InChI is InChI=1S/C18H28N4.HI/c1-3-19-18(20-12-14-21(4-2)16-9-10-16)22-13-11-15-7-5-6-8-17(15)22;/h5-8,16H,3-4,9-14H2,1-2H3,(H,19,20);1H. The molecule has 2 aliphatic rings. The average Bonchev–Trinajstić information content (AvgIpc) is 3.29. The Morgan fingerprint density at radius 1 is 1.30 bits per heavy atom. The van der Waals surface area contributed by atoms with Crippen LogP contribution in [-0.4, -0.2) is 49.6 Å². The van der Waals surface area contributed by atoms with Gasteiger partial charge in [-0.25, -0.2) is 0 Å². The van der Waals surface area contributed by atoms with Gasteiger partial charge in [0.25, 0.3) is 0 Å². The summed E-state index contributed by atoms with van der Waals surface area (Å²) in [7, 11) is 0. The molecule has 5 heteroatoms. The Morgan fingerprint density at radius 2 is 2.09 bits per heavy atom. The van der Waals surface area contributed by atoms with Crippen LogP contribution in [-0.2, 0) is 6.42 Å². The van der Waals surface area contributed by atoms with Crippen molar-refractivity contribution in [1.29, 1.82) is 0 Å². The number of fused-ring (bicyclic) bond motifs is 1. The lowest BCUT2D eigenvalue weighted by molar-refractivity contribution is 0.286. The molecule has 3 rings (SSSR count). The maximum absolute atomic E-state index is 4.88. The number of hydrogen-bond acceptors (Lipinski definition) is 2. The molecule has 1 N–H and O–H groups in total. The molecule has 4 nitrogen and oxygen atoms in total. The second-order valence-electron chi connectivity index (χ2n) is 6.13. The molecular weight excluding hydrogens is 399 g/mol. The highest BCUT2D eigenvalue weighted by Gasteiger charge is 2.27. The fourth-order valence-corrected chi connectivity index (χ4v) is 3.28. The van der Waals surface area contributed by atoms with Crippen molar-refractivity contribution in [3.05, 3.63) is 29.8 Å². The third-order valence-electron chi connectivity index (χ3n) is 4.60. The van der Waals surface area contributed by atoms with Crippen molar-refractivity contribution >= 4 is 35.6 Å². The van der Waals surface area contributed by atoms with Gasteiger partial charge in [-0.2, -0.15) is 0 Å². The summed E-state index contributed by atoms with van der Waals surface area (Å²) in [6, 6.07) is 9.51. The van der Waals surface area contributed by atoms with Crippen molar-refractivity contribution in [3.8, 4) is 0 Å². The molecule has 1 aliphatic heterocycles. The van der Waals surface area contributed by atoms with Gasteiger partial charge in [-0.3, -0.25) is 9.89 Å². The van der Waals surface area contributed by atoms with Crippen LogP contribution in [0.1, 0.15) is 32.3 Å². The van der Waals surface area contributed by atoms with Gasteiger partial charge in [0, 0.05) is 31.4 Å². The number of rotatable bonds is 6. The number of halogens is 1. The van der Waals surface area contributed by atoms with Crippen LogP contribution >= 0.6 is 24.0 Å². The van der Waals surface area contributed by atoms with Gasteiger partial charge in [0.1, 0.15) is 0 Å². The zero-order valence-corrected chi connectivity index (χ0v) is 16.6. The first-order chi connectivity index (χ1) is 10.8. The largest absolute Gasteiger partial charge is 0.356 e. The van der Waals surface area contributed by atoms with Crippen molar-refractivity contribution in [2.45, 2.75) is 39.2 Å². The highest BCUT2D eigenvalue weighted by molar-refractivity contribution is 14.0. The Kier molecular flexibility index (Phi) is 7.14. The molecule has 1 aliphatic carbocycles. The van der Waals surface area contributed by atoms with Gasteiger partial charge in [0.05, 0.1) is 6.54 Å². The number of anilines is 1. The third kappa shape index (κ3) is 4.59. The zero-order valence-electron chi connectivity index (χ0n) is 14.3. The molecule has 0 aromatic heterocycles. The van der Waals surface area contributed by atoms with E-state index in [2.05, 4.69) is 53.2 Å². The summed E-state index contributed by atoms with van der Waals surface area (Å²) in [5.41, 5.74) is 2.75. The molecule has 0 atom stereocenters. The quantitative estimate of drug-likeness (QED) is 0.429. The predicted molar refractivity (Wildman–Crippen MR) is 109 cm³/mol. The molecule has 0 unspecified atom stereocenters. The van der Waals surface area contributed by atoms with Crippen LogP contribution in [0.2, 0.25) is 0 Å². The van der Waals surface area contributed by atoms with Crippen molar-refractivity contribution in [3.63, 3.8) is 0 Å². The van der Waals surface area contributed by atoms with Gasteiger partial charge in [0.15, 0.2) is 5.96 Å². The average molecular weight is 428 g/mol. The van der Waals surface area contributed by atoms with Crippen LogP contribution in [0.4, 0.5) is 5.69 Å². The second-order valence-corrected chi connectivity index (χ2v) is 6.13. The highest BCUT2D eigenvalue weighted by Crippen LogP contribution is 2.28. The summed E-state index contributed by atoms with van der Waals surface area (Å²) < 4.78 is 0. The third-order valence-corrected chi connectivity index (χ3v) is 4.60. The van der Waals surface area contributed by atoms with Crippen molar-refractivity contribution in [1.82, 2.24) is 10.2 Å². The second kappa shape index (κ2) is 8.87. The Labute approximate surface area is 157 Å². The van der Waals surface area contributed by atoms with E-state index in [4.69, 9.17) is 4.99 Å². The van der Waals surface area contributed by atoms with E-state index in [1.165, 1.54) is 24.1 Å². The minimum atomic E-state index is 0. The van der Waals surface area contributed by atoms with E-state index in [1.807, 2.05) is 0 Å². The van der Waals surface area contributed by atoms with E-state index in [0.717, 1.165) is 51.1 Å². The normalized spacial score (nSPS) is 17.2. The summed E-state index contributed by atoms with van der Waals surface area (Å²) in [5, 5.41) is 3.46. The molecule has 0 bridgehead atoms. The molecule has 0 radical (unpaired) electrons. The number of para-hydroxylation sites is 1. The highest BCUT2D eigenvalue weighted by atomic mass is 127. The summed E-state index contributed by atoms with van der Waals surface area (Å²) in [5.74, 6) is 1.04. The van der Waals surface area contributed by atoms with E-state index in [0.29, 0.717) is 0 Å². The van der Waals surface area contributed by atoms with Gasteiger partial charge >= 0.3 is 0 Å². The number of guanidine groups is 1. The van der Waals surface area contributed by atoms with Gasteiger partial charge in [0.2, 0.25) is 0 Å². The van der Waals surface area contributed by atoms with E-state index in [1.54, 1.807) is 0 Å². The van der Waals surface area contributed by atoms with Crippen LogP contribution < -0.4 is 10.2 Å². The first-order valence-electron chi connectivity index (χ1n) is 8.71. The first-order valence-corrected chi connectivity index (χ1v) is 8.71. The minimum absolute atomic E-state index is 0.